The molecule has 0 spiro atoms. The molecule has 5 rings (SSSR count). The van der Waals surface area contributed by atoms with E-state index in [0.717, 1.165) is 36.4 Å². The van der Waals surface area contributed by atoms with Gasteiger partial charge in [0.15, 0.2) is 0 Å². The first-order valence-corrected chi connectivity index (χ1v) is 11.0. The van der Waals surface area contributed by atoms with E-state index >= 15 is 0 Å². The van der Waals surface area contributed by atoms with Crippen molar-refractivity contribution in [1.29, 1.82) is 0 Å². The van der Waals surface area contributed by atoms with Gasteiger partial charge in [0.05, 0.1) is 24.6 Å². The highest BCUT2D eigenvalue weighted by Gasteiger charge is 2.37. The summed E-state index contributed by atoms with van der Waals surface area (Å²) < 4.78 is 7.81. The Labute approximate surface area is 186 Å². The topological polar surface area (TPSA) is 54.0 Å². The number of benzene rings is 1. The van der Waals surface area contributed by atoms with Crippen molar-refractivity contribution in [3.8, 4) is 0 Å². The zero-order valence-electron chi connectivity index (χ0n) is 17.4. The van der Waals surface area contributed by atoms with Gasteiger partial charge in [0.1, 0.15) is 11.8 Å². The highest BCUT2D eigenvalue weighted by molar-refractivity contribution is 6.30. The van der Waals surface area contributed by atoms with Gasteiger partial charge in [-0.15, -0.1) is 0 Å². The molecule has 0 radical (unpaired) electrons. The molecule has 4 heterocycles. The maximum atomic E-state index is 13.4. The van der Waals surface area contributed by atoms with Gasteiger partial charge < -0.3 is 8.98 Å². The molecule has 2 atom stereocenters. The van der Waals surface area contributed by atoms with Crippen LogP contribution in [0.4, 0.5) is 0 Å². The number of hydrogen-bond acceptors (Lipinski definition) is 4. The number of amides is 1. The van der Waals surface area contributed by atoms with Gasteiger partial charge in [-0.1, -0.05) is 23.7 Å². The minimum Gasteiger partial charge on any atom is -0.467 e. The summed E-state index contributed by atoms with van der Waals surface area (Å²) in [5.74, 6) is 0.743. The molecular weight excluding hydrogens is 412 g/mol. The Balaban J connectivity index is 1.39. The van der Waals surface area contributed by atoms with Gasteiger partial charge in [-0.2, -0.15) is 5.10 Å². The number of aryl methyl sites for hydroxylation is 1. The number of aromatic nitrogens is 1. The average molecular weight is 437 g/mol. The van der Waals surface area contributed by atoms with E-state index in [2.05, 4.69) is 34.8 Å². The molecule has 2 aliphatic heterocycles. The minimum absolute atomic E-state index is 0.00790. The Morgan fingerprint density at radius 2 is 2.00 bits per heavy atom. The summed E-state index contributed by atoms with van der Waals surface area (Å²) in [7, 11) is 2.06. The van der Waals surface area contributed by atoms with Crippen molar-refractivity contribution in [1.82, 2.24) is 14.5 Å². The van der Waals surface area contributed by atoms with Crippen molar-refractivity contribution < 1.29 is 9.21 Å². The molecule has 3 aromatic rings. The third kappa shape index (κ3) is 3.93. The Hall–Kier alpha value is -2.83. The smallest absolute Gasteiger partial charge is 0.257 e. The molecule has 2 aliphatic rings. The standard InChI is InChI=1S/C24H25ClN4O2/c1-27-12-2-5-20(27)21-6-3-13-28(21)16-24(30)29-22(23-7-4-14-31-23)15-19(26-29)17-8-10-18(25)11-9-17/h2,4-5,7-12,14,21-22H,3,6,13,15-16H2,1H3. The maximum absolute atomic E-state index is 13.4. The van der Waals surface area contributed by atoms with Crippen molar-refractivity contribution in [2.45, 2.75) is 31.3 Å². The van der Waals surface area contributed by atoms with Crippen molar-refractivity contribution in [2.75, 3.05) is 13.1 Å². The van der Waals surface area contributed by atoms with Gasteiger partial charge in [-0.25, -0.2) is 5.01 Å². The lowest BCUT2D eigenvalue weighted by atomic mass is 10.0. The number of hydrazone groups is 1. The van der Waals surface area contributed by atoms with Crippen LogP contribution in [0.2, 0.25) is 5.02 Å². The number of carbonyl (C=O) groups is 1. The normalized spacial score (nSPS) is 21.6. The Morgan fingerprint density at radius 3 is 2.71 bits per heavy atom. The number of likely N-dealkylation sites (tertiary alicyclic amines) is 1. The van der Waals surface area contributed by atoms with Crippen LogP contribution >= 0.6 is 11.6 Å². The van der Waals surface area contributed by atoms with Crippen LogP contribution < -0.4 is 0 Å². The predicted molar refractivity (Wildman–Crippen MR) is 120 cm³/mol. The molecule has 1 amide bonds. The lowest BCUT2D eigenvalue weighted by molar-refractivity contribution is -0.134. The third-order valence-electron chi connectivity index (χ3n) is 6.24. The number of carbonyl (C=O) groups excluding carboxylic acids is 1. The summed E-state index contributed by atoms with van der Waals surface area (Å²) in [5.41, 5.74) is 3.09. The first kappa shape index (κ1) is 20.1. The molecule has 2 aromatic heterocycles. The summed E-state index contributed by atoms with van der Waals surface area (Å²) in [6.07, 6.45) is 6.46. The fourth-order valence-electron chi connectivity index (χ4n) is 4.68. The van der Waals surface area contributed by atoms with Crippen LogP contribution in [0.15, 0.2) is 70.5 Å². The Morgan fingerprint density at radius 1 is 1.16 bits per heavy atom. The minimum atomic E-state index is -0.232. The van der Waals surface area contributed by atoms with Gasteiger partial charge in [0.2, 0.25) is 0 Å². The van der Waals surface area contributed by atoms with Gasteiger partial charge in [-0.3, -0.25) is 9.69 Å². The fraction of sp³-hybridized carbons (Fsp3) is 0.333. The highest BCUT2D eigenvalue weighted by atomic mass is 35.5. The number of rotatable bonds is 5. The molecule has 0 aliphatic carbocycles. The van der Waals surface area contributed by atoms with Crippen molar-refractivity contribution in [3.63, 3.8) is 0 Å². The molecule has 7 heteroatoms. The molecular formula is C24H25ClN4O2. The van der Waals surface area contributed by atoms with Crippen LogP contribution in [0, 0.1) is 0 Å². The van der Waals surface area contributed by atoms with Crippen LogP contribution in [-0.4, -0.2) is 39.2 Å². The molecule has 160 valence electrons. The second kappa shape index (κ2) is 8.36. The summed E-state index contributed by atoms with van der Waals surface area (Å²) in [5, 5.41) is 7.03. The molecule has 2 unspecified atom stereocenters. The quantitative estimate of drug-likeness (QED) is 0.578. The zero-order chi connectivity index (χ0) is 21.4. The number of halogens is 1. The molecule has 0 saturated carbocycles. The monoisotopic (exact) mass is 436 g/mol. The van der Waals surface area contributed by atoms with Crippen LogP contribution in [0.1, 0.15) is 48.4 Å². The first-order valence-electron chi connectivity index (χ1n) is 10.6. The lowest BCUT2D eigenvalue weighted by Gasteiger charge is -2.27. The molecule has 1 saturated heterocycles. The second-order valence-corrected chi connectivity index (χ2v) is 8.64. The van der Waals surface area contributed by atoms with E-state index in [0.29, 0.717) is 18.0 Å². The van der Waals surface area contributed by atoms with Crippen molar-refractivity contribution in [2.24, 2.45) is 12.1 Å². The number of nitrogens with zero attached hydrogens (tertiary/aromatic N) is 4. The van der Waals surface area contributed by atoms with Crippen LogP contribution in [0.25, 0.3) is 0 Å². The molecule has 31 heavy (non-hydrogen) atoms. The lowest BCUT2D eigenvalue weighted by Crippen LogP contribution is -2.38. The number of hydrogen-bond donors (Lipinski definition) is 0. The molecule has 1 aromatic carbocycles. The van der Waals surface area contributed by atoms with Crippen molar-refractivity contribution in [3.05, 3.63) is 83.0 Å². The molecule has 0 bridgehead atoms. The summed E-state index contributed by atoms with van der Waals surface area (Å²) in [6.45, 7) is 1.25. The van der Waals surface area contributed by atoms with E-state index in [1.165, 1.54) is 5.69 Å². The average Bonchev–Trinajstić information content (AvgIpc) is 3.55. The maximum Gasteiger partial charge on any atom is 0.257 e. The molecule has 0 N–H and O–H groups in total. The van der Waals surface area contributed by atoms with Gasteiger partial charge in [0.25, 0.3) is 5.91 Å². The summed E-state index contributed by atoms with van der Waals surface area (Å²) in [4.78, 5) is 15.7. The van der Waals surface area contributed by atoms with E-state index in [9.17, 15) is 4.79 Å². The Kier molecular flexibility index (Phi) is 5.42. The largest absolute Gasteiger partial charge is 0.467 e. The van der Waals surface area contributed by atoms with E-state index in [1.54, 1.807) is 11.3 Å². The number of furan rings is 1. The molecule has 6 nitrogen and oxygen atoms in total. The first-order chi connectivity index (χ1) is 15.1. The summed E-state index contributed by atoms with van der Waals surface area (Å²) >= 11 is 6.04. The SMILES string of the molecule is Cn1cccc1C1CCCN1CC(=O)N1N=C(c2ccc(Cl)cc2)CC1c1ccco1. The van der Waals surface area contributed by atoms with Crippen LogP contribution in [-0.2, 0) is 11.8 Å². The van der Waals surface area contributed by atoms with E-state index in [4.69, 9.17) is 21.1 Å². The third-order valence-corrected chi connectivity index (χ3v) is 6.49. The van der Waals surface area contributed by atoms with Gasteiger partial charge >= 0.3 is 0 Å². The van der Waals surface area contributed by atoms with E-state index < -0.39 is 0 Å². The fourth-order valence-corrected chi connectivity index (χ4v) is 4.80. The van der Waals surface area contributed by atoms with Crippen LogP contribution in [0.5, 0.6) is 0 Å². The summed E-state index contributed by atoms with van der Waals surface area (Å²) in [6, 6.07) is 15.6. The van der Waals surface area contributed by atoms with Gasteiger partial charge in [-0.05, 0) is 61.3 Å². The zero-order valence-corrected chi connectivity index (χ0v) is 18.2. The predicted octanol–water partition coefficient (Wildman–Crippen LogP) is 4.79. The van der Waals surface area contributed by atoms with E-state index in [1.807, 2.05) is 36.4 Å². The highest BCUT2D eigenvalue weighted by Crippen LogP contribution is 2.35. The van der Waals surface area contributed by atoms with Gasteiger partial charge in [0, 0.05) is 30.4 Å². The van der Waals surface area contributed by atoms with E-state index in [-0.39, 0.29) is 18.0 Å². The molecule has 1 fully saturated rings. The van der Waals surface area contributed by atoms with Crippen molar-refractivity contribution >= 4 is 23.2 Å². The van der Waals surface area contributed by atoms with Crippen LogP contribution in [0.3, 0.4) is 0 Å². The Bertz CT molecular complexity index is 1090. The second-order valence-electron chi connectivity index (χ2n) is 8.20.